The minimum atomic E-state index is -0.0283. The average Bonchev–Trinajstić information content (AvgIpc) is 2.20. The first-order valence-electron chi connectivity index (χ1n) is 5.16. The molecule has 0 heterocycles. The summed E-state index contributed by atoms with van der Waals surface area (Å²) in [6.07, 6.45) is 6.22. The molecule has 0 radical (unpaired) electrons. The highest BCUT2D eigenvalue weighted by Crippen LogP contribution is 2.34. The van der Waals surface area contributed by atoms with Gasteiger partial charge in [0.1, 0.15) is 0 Å². The van der Waals surface area contributed by atoms with Crippen molar-refractivity contribution in [1.82, 2.24) is 0 Å². The van der Waals surface area contributed by atoms with Crippen LogP contribution in [0.3, 0.4) is 0 Å². The predicted octanol–water partition coefficient (Wildman–Crippen LogP) is -0.191. The molecule has 1 aliphatic carbocycles. The molecule has 78 valence electrons. The Morgan fingerprint density at radius 3 is 2.07 bits per heavy atom. The molecule has 1 aromatic rings. The number of rotatable bonds is 1. The number of halogens is 1. The second kappa shape index (κ2) is 4.81. The summed E-state index contributed by atoms with van der Waals surface area (Å²) in [5.41, 5.74) is 7.67. The van der Waals surface area contributed by atoms with Crippen molar-refractivity contribution < 1.29 is 12.4 Å². The fraction of sp³-hybridized carbons (Fsp3) is 0.500. The Morgan fingerprint density at radius 2 is 1.50 bits per heavy atom. The van der Waals surface area contributed by atoms with Gasteiger partial charge < -0.3 is 18.1 Å². The summed E-state index contributed by atoms with van der Waals surface area (Å²) in [5.74, 6) is 0. The van der Waals surface area contributed by atoms with Gasteiger partial charge in [-0.2, -0.15) is 0 Å². The van der Waals surface area contributed by atoms with Crippen LogP contribution in [0.5, 0.6) is 0 Å². The standard InChI is InChI=1S/C12H17N.ClH/c13-12(9-5-2-6-10-12)11-7-3-1-4-8-11;/h1,3-4,7-8H,2,5-6,9-10,13H2;1H/p-1. The molecule has 2 heteroatoms. The molecule has 1 aliphatic rings. The molecule has 1 fully saturated rings. The van der Waals surface area contributed by atoms with Gasteiger partial charge in [0.2, 0.25) is 0 Å². The third-order valence-corrected chi connectivity index (χ3v) is 3.09. The lowest BCUT2D eigenvalue weighted by Crippen LogP contribution is -3.00. The van der Waals surface area contributed by atoms with Crippen molar-refractivity contribution in [1.29, 1.82) is 0 Å². The SMILES string of the molecule is NC1(c2ccccc2)CCCCC1.[Cl-]. The fourth-order valence-electron chi connectivity index (χ4n) is 2.24. The zero-order chi connectivity index (χ0) is 9.15. The normalized spacial score (nSPS) is 19.8. The monoisotopic (exact) mass is 210 g/mol. The van der Waals surface area contributed by atoms with E-state index in [0.29, 0.717) is 0 Å². The summed E-state index contributed by atoms with van der Waals surface area (Å²) in [7, 11) is 0. The molecule has 1 nitrogen and oxygen atoms in total. The van der Waals surface area contributed by atoms with Crippen molar-refractivity contribution in [3.63, 3.8) is 0 Å². The first kappa shape index (κ1) is 11.5. The number of benzene rings is 1. The molecule has 0 unspecified atom stereocenters. The number of hydrogen-bond acceptors (Lipinski definition) is 1. The third kappa shape index (κ3) is 2.28. The molecule has 0 aliphatic heterocycles. The quantitative estimate of drug-likeness (QED) is 0.684. The van der Waals surface area contributed by atoms with Gasteiger partial charge in [-0.15, -0.1) is 0 Å². The molecule has 0 spiro atoms. The third-order valence-electron chi connectivity index (χ3n) is 3.09. The molecule has 0 atom stereocenters. The molecule has 0 amide bonds. The first-order valence-corrected chi connectivity index (χ1v) is 5.16. The van der Waals surface area contributed by atoms with Crippen molar-refractivity contribution in [3.8, 4) is 0 Å². The lowest BCUT2D eigenvalue weighted by Gasteiger charge is -2.33. The highest BCUT2D eigenvalue weighted by atomic mass is 35.5. The lowest BCUT2D eigenvalue weighted by atomic mass is 9.77. The van der Waals surface area contributed by atoms with Crippen molar-refractivity contribution in [2.75, 3.05) is 0 Å². The zero-order valence-electron chi connectivity index (χ0n) is 8.38. The molecular formula is C12H17ClN-. The van der Waals surface area contributed by atoms with Crippen LogP contribution in [0.25, 0.3) is 0 Å². The molecule has 1 saturated carbocycles. The largest absolute Gasteiger partial charge is 1.00 e. The average molecular weight is 211 g/mol. The Labute approximate surface area is 92.1 Å². The molecule has 1 aromatic carbocycles. The van der Waals surface area contributed by atoms with E-state index in [1.54, 1.807) is 0 Å². The molecule has 14 heavy (non-hydrogen) atoms. The van der Waals surface area contributed by atoms with Crippen LogP contribution >= 0.6 is 0 Å². The molecular weight excluding hydrogens is 194 g/mol. The van der Waals surface area contributed by atoms with Gasteiger partial charge in [0, 0.05) is 5.54 Å². The topological polar surface area (TPSA) is 26.0 Å². The van der Waals surface area contributed by atoms with E-state index in [4.69, 9.17) is 5.73 Å². The maximum atomic E-state index is 6.38. The van der Waals surface area contributed by atoms with E-state index in [9.17, 15) is 0 Å². The highest BCUT2D eigenvalue weighted by molar-refractivity contribution is 5.24. The van der Waals surface area contributed by atoms with E-state index in [-0.39, 0.29) is 17.9 Å². The maximum Gasteiger partial charge on any atom is 0.0409 e. The van der Waals surface area contributed by atoms with Gasteiger partial charge in [-0.05, 0) is 18.4 Å². The Kier molecular flexibility index (Phi) is 3.97. The summed E-state index contributed by atoms with van der Waals surface area (Å²) >= 11 is 0. The van der Waals surface area contributed by atoms with Crippen LogP contribution in [0.2, 0.25) is 0 Å². The summed E-state index contributed by atoms with van der Waals surface area (Å²) in [6, 6.07) is 10.5. The van der Waals surface area contributed by atoms with Crippen molar-refractivity contribution in [3.05, 3.63) is 35.9 Å². The molecule has 0 aromatic heterocycles. The van der Waals surface area contributed by atoms with Crippen LogP contribution in [-0.2, 0) is 5.54 Å². The van der Waals surface area contributed by atoms with Gasteiger partial charge >= 0.3 is 0 Å². The van der Waals surface area contributed by atoms with E-state index in [1.165, 1.54) is 24.8 Å². The van der Waals surface area contributed by atoms with Gasteiger partial charge in [-0.25, -0.2) is 0 Å². The van der Waals surface area contributed by atoms with Crippen molar-refractivity contribution in [2.24, 2.45) is 5.73 Å². The van der Waals surface area contributed by atoms with Crippen LogP contribution < -0.4 is 18.1 Å². The Hall–Kier alpha value is -0.530. The molecule has 0 bridgehead atoms. The smallest absolute Gasteiger partial charge is 0.0409 e. The molecule has 2 rings (SSSR count). The zero-order valence-corrected chi connectivity index (χ0v) is 9.13. The van der Waals surface area contributed by atoms with Crippen LogP contribution in [0.15, 0.2) is 30.3 Å². The maximum absolute atomic E-state index is 6.38. The summed E-state index contributed by atoms with van der Waals surface area (Å²) in [4.78, 5) is 0. The lowest BCUT2D eigenvalue weighted by molar-refractivity contribution is -0.00000302. The molecule has 0 saturated heterocycles. The Morgan fingerprint density at radius 1 is 0.929 bits per heavy atom. The molecule has 2 N–H and O–H groups in total. The van der Waals surface area contributed by atoms with Crippen molar-refractivity contribution >= 4 is 0 Å². The highest BCUT2D eigenvalue weighted by Gasteiger charge is 2.28. The van der Waals surface area contributed by atoms with Gasteiger partial charge in [-0.3, -0.25) is 0 Å². The second-order valence-electron chi connectivity index (χ2n) is 4.08. The van der Waals surface area contributed by atoms with Crippen LogP contribution in [0, 0.1) is 0 Å². The predicted molar refractivity (Wildman–Crippen MR) is 55.4 cm³/mol. The summed E-state index contributed by atoms with van der Waals surface area (Å²) in [6.45, 7) is 0. The summed E-state index contributed by atoms with van der Waals surface area (Å²) < 4.78 is 0. The van der Waals surface area contributed by atoms with E-state index in [0.717, 1.165) is 12.8 Å². The van der Waals surface area contributed by atoms with Crippen LogP contribution in [0.4, 0.5) is 0 Å². The van der Waals surface area contributed by atoms with Crippen LogP contribution in [-0.4, -0.2) is 0 Å². The van der Waals surface area contributed by atoms with Gasteiger partial charge in [-0.1, -0.05) is 49.6 Å². The van der Waals surface area contributed by atoms with E-state index in [2.05, 4.69) is 30.3 Å². The van der Waals surface area contributed by atoms with Crippen molar-refractivity contribution in [2.45, 2.75) is 37.6 Å². The minimum absolute atomic E-state index is 0. The Balaban J connectivity index is 0.000000980. The van der Waals surface area contributed by atoms with Crippen LogP contribution in [0.1, 0.15) is 37.7 Å². The minimum Gasteiger partial charge on any atom is -1.00 e. The number of nitrogens with two attached hydrogens (primary N) is 1. The fourth-order valence-corrected chi connectivity index (χ4v) is 2.24. The van der Waals surface area contributed by atoms with E-state index >= 15 is 0 Å². The first-order chi connectivity index (χ1) is 6.31. The summed E-state index contributed by atoms with van der Waals surface area (Å²) in [5, 5.41) is 0. The van der Waals surface area contributed by atoms with E-state index in [1.807, 2.05) is 0 Å². The van der Waals surface area contributed by atoms with Gasteiger partial charge in [0.25, 0.3) is 0 Å². The second-order valence-corrected chi connectivity index (χ2v) is 4.08. The van der Waals surface area contributed by atoms with Gasteiger partial charge in [0.05, 0.1) is 0 Å². The Bertz CT molecular complexity index is 265. The van der Waals surface area contributed by atoms with E-state index < -0.39 is 0 Å². The van der Waals surface area contributed by atoms with Gasteiger partial charge in [0.15, 0.2) is 0 Å². The number of hydrogen-bond donors (Lipinski definition) is 1.